The van der Waals surface area contributed by atoms with E-state index in [-0.39, 0.29) is 22.1 Å². The lowest BCUT2D eigenvalue weighted by atomic mass is 10.1. The molecule has 0 spiro atoms. The smallest absolute Gasteiger partial charge is 0.317 e. The first kappa shape index (κ1) is 26.3. The number of anilines is 1. The SMILES string of the molecule is COc1cccc2c1c(NS(=O)(=O)c1ccc(Cl)s1)nn2Cc1cccc(CNC(=O)N2CCC[C@H]2C)c1. The van der Waals surface area contributed by atoms with Crippen molar-refractivity contribution < 1.29 is 17.9 Å². The fraction of sp³-hybridized carbons (Fsp3) is 0.308. The van der Waals surface area contributed by atoms with E-state index in [0.29, 0.717) is 34.1 Å². The van der Waals surface area contributed by atoms with Crippen LogP contribution in [0.15, 0.2) is 58.8 Å². The number of benzene rings is 2. The molecule has 38 heavy (non-hydrogen) atoms. The molecule has 1 fully saturated rings. The summed E-state index contributed by atoms with van der Waals surface area (Å²) in [6.45, 7) is 3.66. The molecule has 1 saturated heterocycles. The van der Waals surface area contributed by atoms with E-state index in [4.69, 9.17) is 16.3 Å². The van der Waals surface area contributed by atoms with Crippen molar-refractivity contribution in [1.82, 2.24) is 20.0 Å². The number of carbonyl (C=O) groups is 1. The Balaban J connectivity index is 1.40. The molecule has 3 heterocycles. The Hall–Kier alpha value is -3.28. The van der Waals surface area contributed by atoms with Crippen molar-refractivity contribution in [3.8, 4) is 5.75 Å². The summed E-state index contributed by atoms with van der Waals surface area (Å²) in [6, 6.07) is 16.6. The summed E-state index contributed by atoms with van der Waals surface area (Å²) in [4.78, 5) is 14.4. The third-order valence-corrected chi connectivity index (χ3v) is 9.65. The molecule has 5 rings (SSSR count). The average molecular weight is 574 g/mol. The van der Waals surface area contributed by atoms with Gasteiger partial charge >= 0.3 is 6.03 Å². The molecule has 1 aliphatic rings. The predicted octanol–water partition coefficient (Wildman–Crippen LogP) is 5.30. The zero-order chi connectivity index (χ0) is 26.9. The summed E-state index contributed by atoms with van der Waals surface area (Å²) >= 11 is 6.93. The number of carbonyl (C=O) groups excluding carboxylic acids is 1. The van der Waals surface area contributed by atoms with Crippen molar-refractivity contribution in [2.75, 3.05) is 18.4 Å². The van der Waals surface area contributed by atoms with E-state index in [9.17, 15) is 13.2 Å². The first-order valence-corrected chi connectivity index (χ1v) is 14.9. The molecule has 9 nitrogen and oxygen atoms in total. The quantitative estimate of drug-likeness (QED) is 0.297. The van der Waals surface area contributed by atoms with Crippen molar-refractivity contribution in [2.24, 2.45) is 0 Å². The van der Waals surface area contributed by atoms with Crippen LogP contribution in [-0.2, 0) is 23.1 Å². The Morgan fingerprint density at radius 2 is 1.97 bits per heavy atom. The van der Waals surface area contributed by atoms with Gasteiger partial charge in [-0.3, -0.25) is 9.40 Å². The zero-order valence-corrected chi connectivity index (χ0v) is 23.4. The van der Waals surface area contributed by atoms with Crippen molar-refractivity contribution in [2.45, 2.75) is 43.1 Å². The number of urea groups is 1. The Bertz CT molecular complexity index is 1580. The van der Waals surface area contributed by atoms with Gasteiger partial charge in [0.05, 0.1) is 28.9 Å². The molecule has 12 heteroatoms. The number of hydrogen-bond donors (Lipinski definition) is 2. The second-order valence-corrected chi connectivity index (χ2v) is 12.8. The van der Waals surface area contributed by atoms with E-state index in [1.165, 1.54) is 13.2 Å². The second-order valence-electron chi connectivity index (χ2n) is 9.19. The van der Waals surface area contributed by atoms with Crippen LogP contribution in [0.25, 0.3) is 10.9 Å². The predicted molar refractivity (Wildman–Crippen MR) is 150 cm³/mol. The van der Waals surface area contributed by atoms with Crippen LogP contribution in [0.4, 0.5) is 10.6 Å². The Morgan fingerprint density at radius 3 is 2.68 bits per heavy atom. The summed E-state index contributed by atoms with van der Waals surface area (Å²) < 4.78 is 36.4. The Kier molecular flexibility index (Phi) is 7.51. The number of thiophene rings is 1. The van der Waals surface area contributed by atoms with Crippen LogP contribution in [-0.4, -0.2) is 48.8 Å². The van der Waals surface area contributed by atoms with Gasteiger partial charge in [0, 0.05) is 19.1 Å². The minimum Gasteiger partial charge on any atom is -0.496 e. The Morgan fingerprint density at radius 1 is 1.18 bits per heavy atom. The van der Waals surface area contributed by atoms with Crippen LogP contribution in [0.2, 0.25) is 4.34 Å². The highest BCUT2D eigenvalue weighted by atomic mass is 35.5. The van der Waals surface area contributed by atoms with Crippen LogP contribution < -0.4 is 14.8 Å². The highest BCUT2D eigenvalue weighted by Crippen LogP contribution is 2.35. The van der Waals surface area contributed by atoms with E-state index < -0.39 is 10.0 Å². The first-order valence-electron chi connectivity index (χ1n) is 12.2. The lowest BCUT2D eigenvalue weighted by Gasteiger charge is -2.21. The number of ether oxygens (including phenoxy) is 1. The molecule has 0 saturated carbocycles. The molecule has 2 aromatic heterocycles. The number of sulfonamides is 1. The number of nitrogens with zero attached hydrogens (tertiary/aromatic N) is 3. The van der Waals surface area contributed by atoms with Gasteiger partial charge in [0.1, 0.15) is 9.96 Å². The van der Waals surface area contributed by atoms with E-state index in [1.807, 2.05) is 41.3 Å². The highest BCUT2D eigenvalue weighted by Gasteiger charge is 2.25. The van der Waals surface area contributed by atoms with Crippen LogP contribution in [0.1, 0.15) is 30.9 Å². The number of rotatable bonds is 8. The molecule has 0 radical (unpaired) electrons. The summed E-state index contributed by atoms with van der Waals surface area (Å²) in [5.41, 5.74) is 2.64. The van der Waals surface area contributed by atoms with Gasteiger partial charge in [0.25, 0.3) is 10.0 Å². The molecule has 4 aromatic rings. The molecular weight excluding hydrogens is 546 g/mol. The van der Waals surface area contributed by atoms with Crippen LogP contribution in [0.3, 0.4) is 0 Å². The molecule has 0 unspecified atom stereocenters. The number of hydrogen-bond acceptors (Lipinski definition) is 6. The van der Waals surface area contributed by atoms with Crippen LogP contribution in [0, 0.1) is 0 Å². The molecule has 1 aliphatic heterocycles. The number of aromatic nitrogens is 2. The summed E-state index contributed by atoms with van der Waals surface area (Å²) in [7, 11) is -2.36. The van der Waals surface area contributed by atoms with E-state index in [2.05, 4.69) is 22.1 Å². The molecule has 0 bridgehead atoms. The fourth-order valence-corrected chi connectivity index (χ4v) is 7.20. The average Bonchev–Trinajstić information content (AvgIpc) is 3.62. The van der Waals surface area contributed by atoms with Gasteiger partial charge in [-0.05, 0) is 55.2 Å². The minimum atomic E-state index is -3.89. The molecule has 2 aromatic carbocycles. The number of fused-ring (bicyclic) bond motifs is 1. The third kappa shape index (κ3) is 5.45. The van der Waals surface area contributed by atoms with Crippen LogP contribution >= 0.6 is 22.9 Å². The zero-order valence-electron chi connectivity index (χ0n) is 21.0. The van der Waals surface area contributed by atoms with Crippen LogP contribution in [0.5, 0.6) is 5.75 Å². The van der Waals surface area contributed by atoms with Crippen molar-refractivity contribution in [1.29, 1.82) is 0 Å². The number of amides is 2. The van der Waals surface area contributed by atoms with Gasteiger partial charge in [-0.15, -0.1) is 11.3 Å². The molecular formula is C26H28ClN5O4S2. The Labute approximate surface area is 230 Å². The van der Waals surface area contributed by atoms with Gasteiger partial charge in [-0.1, -0.05) is 41.9 Å². The summed E-state index contributed by atoms with van der Waals surface area (Å²) in [5, 5.41) is 8.19. The molecule has 2 amide bonds. The van der Waals surface area contributed by atoms with E-state index in [0.717, 1.165) is 41.9 Å². The number of methoxy groups -OCH3 is 1. The second kappa shape index (κ2) is 10.8. The largest absolute Gasteiger partial charge is 0.496 e. The van der Waals surface area contributed by atoms with Gasteiger partial charge in [0.2, 0.25) is 0 Å². The monoisotopic (exact) mass is 573 g/mol. The topological polar surface area (TPSA) is 106 Å². The first-order chi connectivity index (χ1) is 18.2. The standard InChI is InChI=1S/C26H28ClN5O4S2/c1-17-6-5-13-31(17)26(33)28-15-18-7-3-8-19(14-18)16-32-20-9-4-10-21(36-2)24(20)25(29-32)30-38(34,35)23-12-11-22(27)37-23/h3-4,7-12,14,17H,5-6,13,15-16H2,1-2H3,(H,28,33)(H,29,30)/t17-/m1/s1. The number of halogens is 1. The lowest BCUT2D eigenvalue weighted by molar-refractivity contribution is 0.195. The van der Waals surface area contributed by atoms with Crippen molar-refractivity contribution in [3.05, 3.63) is 70.1 Å². The van der Waals surface area contributed by atoms with E-state index >= 15 is 0 Å². The van der Waals surface area contributed by atoms with Gasteiger partial charge in [-0.25, -0.2) is 13.2 Å². The number of nitrogens with one attached hydrogen (secondary N) is 2. The van der Waals surface area contributed by atoms with Gasteiger partial charge in [0.15, 0.2) is 5.82 Å². The maximum Gasteiger partial charge on any atom is 0.317 e. The van der Waals surface area contributed by atoms with E-state index in [1.54, 1.807) is 16.8 Å². The molecule has 200 valence electrons. The minimum absolute atomic E-state index is 0.0467. The molecule has 0 aliphatic carbocycles. The maximum absolute atomic E-state index is 13.0. The lowest BCUT2D eigenvalue weighted by Crippen LogP contribution is -2.41. The van der Waals surface area contributed by atoms with Gasteiger partial charge in [-0.2, -0.15) is 5.10 Å². The number of likely N-dealkylation sites (tertiary alicyclic amines) is 1. The maximum atomic E-state index is 13.0. The summed E-state index contributed by atoms with van der Waals surface area (Å²) in [6.07, 6.45) is 2.07. The molecule has 2 N–H and O–H groups in total. The van der Waals surface area contributed by atoms with Crippen molar-refractivity contribution in [3.63, 3.8) is 0 Å². The third-order valence-electron chi connectivity index (χ3n) is 6.59. The van der Waals surface area contributed by atoms with Crippen molar-refractivity contribution >= 4 is 55.7 Å². The molecule has 1 atom stereocenters. The normalized spacial score (nSPS) is 15.7. The summed E-state index contributed by atoms with van der Waals surface area (Å²) in [5.74, 6) is 0.674. The highest BCUT2D eigenvalue weighted by molar-refractivity contribution is 7.94. The fourth-order valence-electron chi connectivity index (χ4n) is 4.70. The van der Waals surface area contributed by atoms with Gasteiger partial charge < -0.3 is 15.0 Å².